The average Bonchev–Trinajstić information content (AvgIpc) is 2.57. The number of hydrogen-bond acceptors (Lipinski definition) is 4. The summed E-state index contributed by atoms with van der Waals surface area (Å²) in [5, 5.41) is -0.0872. The van der Waals surface area contributed by atoms with Crippen molar-refractivity contribution in [1.29, 1.82) is 0 Å². The van der Waals surface area contributed by atoms with Gasteiger partial charge in [-0.2, -0.15) is 4.39 Å². The highest BCUT2D eigenvalue weighted by Crippen LogP contribution is 2.32. The number of aromatic nitrogens is 1. The molecule has 2 saturated heterocycles. The molecule has 1 aromatic heterocycles. The molecular weight excluding hydrogens is 255 g/mol. The summed E-state index contributed by atoms with van der Waals surface area (Å²) in [6.45, 7) is 1.75. The highest BCUT2D eigenvalue weighted by Gasteiger charge is 2.38. The van der Waals surface area contributed by atoms with Crippen LogP contribution in [0.25, 0.3) is 0 Å². The van der Waals surface area contributed by atoms with E-state index in [1.165, 1.54) is 12.8 Å². The van der Waals surface area contributed by atoms with Gasteiger partial charge in [0.05, 0.1) is 5.69 Å². The van der Waals surface area contributed by atoms with Crippen molar-refractivity contribution in [3.63, 3.8) is 0 Å². The van der Waals surface area contributed by atoms with Crippen LogP contribution in [0.4, 0.5) is 15.9 Å². The van der Waals surface area contributed by atoms with Gasteiger partial charge in [0.1, 0.15) is 10.8 Å². The first-order chi connectivity index (χ1) is 8.56. The summed E-state index contributed by atoms with van der Waals surface area (Å²) < 4.78 is 13.5. The molecule has 0 aromatic carbocycles. The largest absolute Gasteiger partial charge is 0.397 e. The molecule has 0 aliphatic carbocycles. The fraction of sp³-hybridized carbons (Fsp3) is 0.583. The van der Waals surface area contributed by atoms with Crippen molar-refractivity contribution < 1.29 is 4.39 Å². The molecule has 2 bridgehead atoms. The van der Waals surface area contributed by atoms with E-state index in [1.807, 2.05) is 0 Å². The molecule has 2 fully saturated rings. The minimum Gasteiger partial charge on any atom is -0.397 e. The van der Waals surface area contributed by atoms with Gasteiger partial charge in [-0.3, -0.25) is 4.90 Å². The van der Waals surface area contributed by atoms with Gasteiger partial charge < -0.3 is 10.6 Å². The molecular formula is C12H16ClFN4. The topological polar surface area (TPSA) is 45.4 Å². The van der Waals surface area contributed by atoms with E-state index in [4.69, 9.17) is 17.3 Å². The quantitative estimate of drug-likeness (QED) is 0.790. The number of pyridine rings is 1. The lowest BCUT2D eigenvalue weighted by molar-refractivity contribution is 0.211. The van der Waals surface area contributed by atoms with E-state index in [0.29, 0.717) is 17.9 Å². The molecule has 3 rings (SSSR count). The lowest BCUT2D eigenvalue weighted by Crippen LogP contribution is -2.52. The lowest BCUT2D eigenvalue weighted by atomic mass is 10.2. The van der Waals surface area contributed by atoms with E-state index in [1.54, 1.807) is 6.07 Å². The van der Waals surface area contributed by atoms with Gasteiger partial charge in [0.15, 0.2) is 0 Å². The van der Waals surface area contributed by atoms with Gasteiger partial charge in [-0.05, 0) is 19.9 Å². The Morgan fingerprint density at radius 1 is 1.39 bits per heavy atom. The monoisotopic (exact) mass is 270 g/mol. The van der Waals surface area contributed by atoms with Gasteiger partial charge in [-0.25, -0.2) is 4.98 Å². The lowest BCUT2D eigenvalue weighted by Gasteiger charge is -2.39. The molecule has 0 spiro atoms. The van der Waals surface area contributed by atoms with Crippen LogP contribution in [0.3, 0.4) is 0 Å². The fourth-order valence-corrected chi connectivity index (χ4v) is 3.06. The molecule has 0 amide bonds. The third-order valence-electron chi connectivity index (χ3n) is 4.10. The zero-order chi connectivity index (χ0) is 12.9. The van der Waals surface area contributed by atoms with Gasteiger partial charge in [-0.15, -0.1) is 0 Å². The Labute approximate surface area is 111 Å². The minimum absolute atomic E-state index is 0.0872. The highest BCUT2D eigenvalue weighted by molar-refractivity contribution is 6.33. The number of anilines is 2. The first-order valence-corrected chi connectivity index (χ1v) is 6.52. The molecule has 18 heavy (non-hydrogen) atoms. The van der Waals surface area contributed by atoms with Gasteiger partial charge in [0.25, 0.3) is 0 Å². The van der Waals surface area contributed by atoms with Crippen LogP contribution in [0.15, 0.2) is 6.07 Å². The maximum atomic E-state index is 13.5. The number of nitrogens with two attached hydrogens (primary N) is 1. The number of likely N-dealkylation sites (N-methyl/N-ethyl adjacent to an activating group) is 1. The summed E-state index contributed by atoms with van der Waals surface area (Å²) in [5.74, 6) is -0.0858. The van der Waals surface area contributed by atoms with E-state index in [-0.39, 0.29) is 10.7 Å². The number of piperazine rings is 1. The normalized spacial score (nSPS) is 27.8. The molecule has 0 radical (unpaired) electrons. The summed E-state index contributed by atoms with van der Waals surface area (Å²) in [7, 11) is 2.16. The Morgan fingerprint density at radius 3 is 2.56 bits per heavy atom. The standard InChI is InChI=1S/C12H16ClFN4/c1-17-7-2-3-8(17)6-18(5-7)10-4-9(15)11(13)12(14)16-10/h4,7-8H,2-3,5-6H2,1H3,(H2,15,16)/t7-,8+. The maximum absolute atomic E-state index is 13.5. The number of halogens is 2. The fourth-order valence-electron chi connectivity index (χ4n) is 2.97. The minimum atomic E-state index is -0.682. The summed E-state index contributed by atoms with van der Waals surface area (Å²) >= 11 is 5.69. The van der Waals surface area contributed by atoms with Crippen LogP contribution in [0.5, 0.6) is 0 Å². The zero-order valence-corrected chi connectivity index (χ0v) is 11.0. The summed E-state index contributed by atoms with van der Waals surface area (Å²) in [4.78, 5) is 8.43. The molecule has 4 nitrogen and oxygen atoms in total. The SMILES string of the molecule is CN1[C@@H]2CC[C@H]1CN(c1cc(N)c(Cl)c(F)n1)C2. The molecule has 2 aliphatic heterocycles. The summed E-state index contributed by atoms with van der Waals surface area (Å²) in [6.07, 6.45) is 2.40. The van der Waals surface area contributed by atoms with Crippen molar-refractivity contribution >= 4 is 23.1 Å². The molecule has 98 valence electrons. The Hall–Kier alpha value is -1.07. The van der Waals surface area contributed by atoms with Gasteiger partial charge in [0, 0.05) is 31.2 Å². The smallest absolute Gasteiger partial charge is 0.235 e. The van der Waals surface area contributed by atoms with E-state index < -0.39 is 5.95 Å². The highest BCUT2D eigenvalue weighted by atomic mass is 35.5. The van der Waals surface area contributed by atoms with Crippen LogP contribution in [-0.2, 0) is 0 Å². The number of rotatable bonds is 1. The Bertz CT molecular complexity index is 444. The average molecular weight is 271 g/mol. The van der Waals surface area contributed by atoms with Crippen molar-refractivity contribution in [2.75, 3.05) is 30.8 Å². The summed E-state index contributed by atoms with van der Waals surface area (Å²) in [6, 6.07) is 2.73. The van der Waals surface area contributed by atoms with Crippen molar-refractivity contribution in [2.24, 2.45) is 0 Å². The van der Waals surface area contributed by atoms with Crippen LogP contribution < -0.4 is 10.6 Å². The van der Waals surface area contributed by atoms with Crippen molar-refractivity contribution in [3.8, 4) is 0 Å². The molecule has 2 aliphatic rings. The van der Waals surface area contributed by atoms with Crippen molar-refractivity contribution in [2.45, 2.75) is 24.9 Å². The van der Waals surface area contributed by atoms with Gasteiger partial charge in [0.2, 0.25) is 5.95 Å². The molecule has 2 atom stereocenters. The molecule has 3 heterocycles. The second-order valence-electron chi connectivity index (χ2n) is 5.13. The van der Waals surface area contributed by atoms with E-state index >= 15 is 0 Å². The van der Waals surface area contributed by atoms with Crippen LogP contribution >= 0.6 is 11.6 Å². The molecule has 2 N–H and O–H groups in total. The van der Waals surface area contributed by atoms with Crippen LogP contribution in [-0.4, -0.2) is 42.1 Å². The third-order valence-corrected chi connectivity index (χ3v) is 4.48. The molecule has 1 aromatic rings. The second-order valence-corrected chi connectivity index (χ2v) is 5.51. The first kappa shape index (κ1) is 12.0. The number of nitrogens with zero attached hydrogens (tertiary/aromatic N) is 3. The van der Waals surface area contributed by atoms with Gasteiger partial charge in [-0.1, -0.05) is 11.6 Å². The van der Waals surface area contributed by atoms with Crippen molar-refractivity contribution in [1.82, 2.24) is 9.88 Å². The third kappa shape index (κ3) is 1.82. The number of hydrogen-bond donors (Lipinski definition) is 1. The molecule has 6 heteroatoms. The Kier molecular flexibility index (Phi) is 2.83. The Balaban J connectivity index is 1.88. The van der Waals surface area contributed by atoms with E-state index in [9.17, 15) is 4.39 Å². The van der Waals surface area contributed by atoms with Gasteiger partial charge >= 0.3 is 0 Å². The molecule has 0 unspecified atom stereocenters. The van der Waals surface area contributed by atoms with E-state index in [0.717, 1.165) is 13.1 Å². The molecule has 0 saturated carbocycles. The van der Waals surface area contributed by atoms with Crippen molar-refractivity contribution in [3.05, 3.63) is 17.0 Å². The zero-order valence-electron chi connectivity index (χ0n) is 10.2. The number of nitrogen functional groups attached to an aromatic ring is 1. The predicted octanol–water partition coefficient (Wildman–Crippen LogP) is 1.74. The maximum Gasteiger partial charge on any atom is 0.235 e. The van der Waals surface area contributed by atoms with Crippen LogP contribution in [0, 0.1) is 5.95 Å². The van der Waals surface area contributed by atoms with Crippen LogP contribution in [0.2, 0.25) is 5.02 Å². The van der Waals surface area contributed by atoms with Crippen LogP contribution in [0.1, 0.15) is 12.8 Å². The predicted molar refractivity (Wildman–Crippen MR) is 70.4 cm³/mol. The van der Waals surface area contributed by atoms with E-state index in [2.05, 4.69) is 21.8 Å². The summed E-state index contributed by atoms with van der Waals surface area (Å²) in [5.41, 5.74) is 5.95. The second kappa shape index (κ2) is 4.24. The first-order valence-electron chi connectivity index (χ1n) is 6.14. The number of fused-ring (bicyclic) bond motifs is 2. The Morgan fingerprint density at radius 2 is 2.00 bits per heavy atom.